The summed E-state index contributed by atoms with van der Waals surface area (Å²) in [5, 5.41) is 7.18. The first-order valence-corrected chi connectivity index (χ1v) is 10.9. The first kappa shape index (κ1) is 21.4. The van der Waals surface area contributed by atoms with Crippen LogP contribution < -0.4 is 5.32 Å². The van der Waals surface area contributed by atoms with E-state index in [1.807, 2.05) is 36.4 Å². The van der Waals surface area contributed by atoms with E-state index >= 15 is 0 Å². The summed E-state index contributed by atoms with van der Waals surface area (Å²) in [7, 11) is 0. The van der Waals surface area contributed by atoms with Crippen LogP contribution in [0.4, 0.5) is 5.00 Å². The Balaban J connectivity index is 1.45. The number of amides is 1. The number of rotatable bonds is 8. The molecular formula is C23H20N4O4S. The molecule has 0 aliphatic carbocycles. The maximum atomic E-state index is 12.6. The zero-order chi connectivity index (χ0) is 22.3. The standard InChI is InChI=1S/C23H20N4O4S/c1-2-30-23(29)16-14-18(15-8-4-3-5-9-15)32-22(16)25-19(28)11-12-20-26-21(27-31-20)17-10-6-7-13-24-17/h3-10,13-14H,2,11-12H2,1H3,(H,25,28). The van der Waals surface area contributed by atoms with E-state index in [2.05, 4.69) is 20.4 Å². The Morgan fingerprint density at radius 2 is 1.94 bits per heavy atom. The lowest BCUT2D eigenvalue weighted by atomic mass is 10.1. The molecule has 32 heavy (non-hydrogen) atoms. The number of anilines is 1. The second-order valence-corrected chi connectivity index (χ2v) is 7.77. The molecule has 4 rings (SSSR count). The van der Waals surface area contributed by atoms with Crippen molar-refractivity contribution in [1.29, 1.82) is 0 Å². The summed E-state index contributed by atoms with van der Waals surface area (Å²) >= 11 is 1.33. The molecular weight excluding hydrogens is 428 g/mol. The number of hydrogen-bond acceptors (Lipinski definition) is 8. The van der Waals surface area contributed by atoms with E-state index in [9.17, 15) is 9.59 Å². The van der Waals surface area contributed by atoms with Crippen LogP contribution in [-0.2, 0) is 16.0 Å². The van der Waals surface area contributed by atoms with Crippen LogP contribution in [0.3, 0.4) is 0 Å². The number of carbonyl (C=O) groups excluding carboxylic acids is 2. The first-order chi connectivity index (χ1) is 15.6. The number of thiophene rings is 1. The Morgan fingerprint density at radius 1 is 1.12 bits per heavy atom. The third-order valence-electron chi connectivity index (χ3n) is 4.47. The van der Waals surface area contributed by atoms with Crippen molar-refractivity contribution in [2.45, 2.75) is 19.8 Å². The Bertz CT molecular complexity index is 1210. The van der Waals surface area contributed by atoms with Crippen LogP contribution in [0.2, 0.25) is 0 Å². The van der Waals surface area contributed by atoms with E-state index in [0.29, 0.717) is 28.0 Å². The quantitative estimate of drug-likeness (QED) is 0.392. The molecule has 3 aromatic heterocycles. The number of carbonyl (C=O) groups is 2. The summed E-state index contributed by atoms with van der Waals surface area (Å²) in [4.78, 5) is 34.3. The number of nitrogens with zero attached hydrogens (tertiary/aromatic N) is 3. The maximum Gasteiger partial charge on any atom is 0.341 e. The molecule has 162 valence electrons. The topological polar surface area (TPSA) is 107 Å². The molecule has 1 amide bonds. The largest absolute Gasteiger partial charge is 0.462 e. The SMILES string of the molecule is CCOC(=O)c1cc(-c2ccccc2)sc1NC(=O)CCc1nc(-c2ccccn2)no1. The molecule has 4 aromatic rings. The number of aryl methyl sites for hydroxylation is 1. The minimum atomic E-state index is -0.474. The predicted molar refractivity (Wildman–Crippen MR) is 120 cm³/mol. The maximum absolute atomic E-state index is 12.6. The van der Waals surface area contributed by atoms with Gasteiger partial charge in [-0.25, -0.2) is 4.79 Å². The smallest absolute Gasteiger partial charge is 0.341 e. The number of ether oxygens (including phenoxy) is 1. The Kier molecular flexibility index (Phi) is 6.66. The zero-order valence-electron chi connectivity index (χ0n) is 17.3. The number of esters is 1. The van der Waals surface area contributed by atoms with E-state index in [1.165, 1.54) is 11.3 Å². The average molecular weight is 449 g/mol. The third-order valence-corrected chi connectivity index (χ3v) is 5.57. The van der Waals surface area contributed by atoms with Gasteiger partial charge in [-0.15, -0.1) is 11.3 Å². The Morgan fingerprint density at radius 3 is 2.69 bits per heavy atom. The number of aromatic nitrogens is 3. The van der Waals surface area contributed by atoms with Crippen LogP contribution in [0.1, 0.15) is 29.6 Å². The number of hydrogen-bond donors (Lipinski definition) is 1. The van der Waals surface area contributed by atoms with Crippen molar-refractivity contribution in [3.05, 3.63) is 72.2 Å². The van der Waals surface area contributed by atoms with Crippen molar-refractivity contribution in [2.24, 2.45) is 0 Å². The van der Waals surface area contributed by atoms with E-state index in [0.717, 1.165) is 10.4 Å². The fraction of sp³-hybridized carbons (Fsp3) is 0.174. The van der Waals surface area contributed by atoms with Gasteiger partial charge in [-0.3, -0.25) is 9.78 Å². The van der Waals surface area contributed by atoms with Crippen LogP contribution in [-0.4, -0.2) is 33.6 Å². The molecule has 1 N–H and O–H groups in total. The molecule has 8 nitrogen and oxygen atoms in total. The summed E-state index contributed by atoms with van der Waals surface area (Å²) in [6, 6.07) is 16.8. The van der Waals surface area contributed by atoms with Crippen molar-refractivity contribution < 1.29 is 18.8 Å². The van der Waals surface area contributed by atoms with Gasteiger partial charge in [-0.1, -0.05) is 41.6 Å². The fourth-order valence-electron chi connectivity index (χ4n) is 2.95. The number of benzene rings is 1. The van der Waals surface area contributed by atoms with Crippen molar-refractivity contribution in [3.8, 4) is 22.0 Å². The summed E-state index contributed by atoms with van der Waals surface area (Å²) < 4.78 is 10.4. The highest BCUT2D eigenvalue weighted by Crippen LogP contribution is 2.36. The van der Waals surface area contributed by atoms with Crippen LogP contribution in [0, 0.1) is 0 Å². The Hall–Kier alpha value is -3.85. The molecule has 0 fully saturated rings. The molecule has 0 atom stereocenters. The van der Waals surface area contributed by atoms with E-state index in [-0.39, 0.29) is 25.4 Å². The molecule has 0 aliphatic heterocycles. The van der Waals surface area contributed by atoms with Crippen molar-refractivity contribution in [2.75, 3.05) is 11.9 Å². The molecule has 0 bridgehead atoms. The van der Waals surface area contributed by atoms with Crippen molar-refractivity contribution in [1.82, 2.24) is 15.1 Å². The molecule has 0 saturated carbocycles. The fourth-order valence-corrected chi connectivity index (χ4v) is 4.02. The highest BCUT2D eigenvalue weighted by Gasteiger charge is 2.20. The van der Waals surface area contributed by atoms with Gasteiger partial charge in [0.2, 0.25) is 17.6 Å². The second-order valence-electron chi connectivity index (χ2n) is 6.71. The summed E-state index contributed by atoms with van der Waals surface area (Å²) in [5.74, 6) is -0.0355. The molecule has 0 spiro atoms. The summed E-state index contributed by atoms with van der Waals surface area (Å²) in [5.41, 5.74) is 1.88. The molecule has 0 saturated heterocycles. The van der Waals surface area contributed by atoms with E-state index in [4.69, 9.17) is 9.26 Å². The number of nitrogens with one attached hydrogen (secondary N) is 1. The lowest BCUT2D eigenvalue weighted by Crippen LogP contribution is -2.14. The van der Waals surface area contributed by atoms with Crippen molar-refractivity contribution in [3.63, 3.8) is 0 Å². The van der Waals surface area contributed by atoms with Gasteiger partial charge in [-0.05, 0) is 30.7 Å². The summed E-state index contributed by atoms with van der Waals surface area (Å²) in [6.07, 6.45) is 2.02. The van der Waals surface area contributed by atoms with Gasteiger partial charge in [0.25, 0.3) is 0 Å². The van der Waals surface area contributed by atoms with Gasteiger partial charge in [0.15, 0.2) is 0 Å². The Labute approximate surface area is 188 Å². The molecule has 0 aliphatic rings. The molecule has 3 heterocycles. The first-order valence-electron chi connectivity index (χ1n) is 10.0. The molecule has 0 radical (unpaired) electrons. The van der Waals surface area contributed by atoms with Crippen LogP contribution in [0.25, 0.3) is 22.0 Å². The molecule has 1 aromatic carbocycles. The van der Waals surface area contributed by atoms with E-state index in [1.54, 1.807) is 31.3 Å². The van der Waals surface area contributed by atoms with Crippen LogP contribution in [0.5, 0.6) is 0 Å². The lowest BCUT2D eigenvalue weighted by molar-refractivity contribution is -0.116. The predicted octanol–water partition coefficient (Wildman–Crippen LogP) is 4.61. The highest BCUT2D eigenvalue weighted by atomic mass is 32.1. The van der Waals surface area contributed by atoms with E-state index < -0.39 is 5.97 Å². The lowest BCUT2D eigenvalue weighted by Gasteiger charge is -2.05. The third kappa shape index (κ3) is 5.06. The van der Waals surface area contributed by atoms with Gasteiger partial charge in [0.05, 0.1) is 12.2 Å². The van der Waals surface area contributed by atoms with Gasteiger partial charge in [0.1, 0.15) is 10.7 Å². The summed E-state index contributed by atoms with van der Waals surface area (Å²) in [6.45, 7) is 1.99. The molecule has 9 heteroatoms. The minimum absolute atomic E-state index is 0.116. The van der Waals surface area contributed by atoms with Gasteiger partial charge < -0.3 is 14.6 Å². The monoisotopic (exact) mass is 448 g/mol. The van der Waals surface area contributed by atoms with Crippen molar-refractivity contribution >= 4 is 28.2 Å². The van der Waals surface area contributed by atoms with Gasteiger partial charge in [0, 0.05) is 23.9 Å². The second kappa shape index (κ2) is 9.97. The normalized spacial score (nSPS) is 10.7. The number of pyridine rings is 1. The van der Waals surface area contributed by atoms with Crippen LogP contribution >= 0.6 is 11.3 Å². The zero-order valence-corrected chi connectivity index (χ0v) is 18.1. The van der Waals surface area contributed by atoms with Gasteiger partial charge in [-0.2, -0.15) is 4.98 Å². The molecule has 0 unspecified atom stereocenters. The highest BCUT2D eigenvalue weighted by molar-refractivity contribution is 7.20. The minimum Gasteiger partial charge on any atom is -0.462 e. The average Bonchev–Trinajstić information content (AvgIpc) is 3.47. The van der Waals surface area contributed by atoms with Crippen LogP contribution in [0.15, 0.2) is 65.3 Å². The van der Waals surface area contributed by atoms with Gasteiger partial charge >= 0.3 is 5.97 Å².